The third kappa shape index (κ3) is 6.63. The summed E-state index contributed by atoms with van der Waals surface area (Å²) < 4.78 is 28.2. The number of rotatable bonds is 7. The Morgan fingerprint density at radius 2 is 1.64 bits per heavy atom. The van der Waals surface area contributed by atoms with Gasteiger partial charge in [-0.1, -0.05) is 29.8 Å². The van der Waals surface area contributed by atoms with Gasteiger partial charge in [-0.15, -0.1) is 11.3 Å². The molecule has 1 aliphatic rings. The molecule has 0 bridgehead atoms. The average molecular weight is 567 g/mol. The number of benzene rings is 2. The average Bonchev–Trinajstić information content (AvgIpc) is 3.33. The van der Waals surface area contributed by atoms with E-state index in [-0.39, 0.29) is 30.8 Å². The van der Waals surface area contributed by atoms with E-state index in [0.717, 1.165) is 27.1 Å². The van der Waals surface area contributed by atoms with Gasteiger partial charge in [-0.3, -0.25) is 9.59 Å². The lowest BCUT2D eigenvalue weighted by Gasteiger charge is -2.31. The summed E-state index contributed by atoms with van der Waals surface area (Å²) in [6.45, 7) is 9.89. The quantitative estimate of drug-likeness (QED) is 0.304. The Labute approximate surface area is 234 Å². The first-order chi connectivity index (χ1) is 18.5. The SMILES string of the molecule is C/C(=N/NC(=O)C1CCN(S(=O)(=O)c2c(C)cc(C)cc2C)CC1)c1cccc(NC(=O)c2ccc(C)s2)c1. The van der Waals surface area contributed by atoms with E-state index >= 15 is 0 Å². The zero-order chi connectivity index (χ0) is 28.3. The first kappa shape index (κ1) is 28.7. The van der Waals surface area contributed by atoms with Crippen LogP contribution in [0.15, 0.2) is 58.5 Å². The zero-order valence-electron chi connectivity index (χ0n) is 22.9. The minimum absolute atomic E-state index is 0.172. The van der Waals surface area contributed by atoms with Gasteiger partial charge in [0.1, 0.15) is 0 Å². The largest absolute Gasteiger partial charge is 0.321 e. The van der Waals surface area contributed by atoms with Crippen molar-refractivity contribution in [1.82, 2.24) is 9.73 Å². The van der Waals surface area contributed by atoms with Gasteiger partial charge in [0.05, 0.1) is 15.5 Å². The molecule has 1 saturated heterocycles. The number of hydrazone groups is 1. The van der Waals surface area contributed by atoms with Gasteiger partial charge < -0.3 is 5.32 Å². The Morgan fingerprint density at radius 3 is 2.26 bits per heavy atom. The molecule has 0 radical (unpaired) electrons. The molecule has 2 aromatic carbocycles. The highest BCUT2D eigenvalue weighted by atomic mass is 32.2. The van der Waals surface area contributed by atoms with Gasteiger partial charge in [0.15, 0.2) is 0 Å². The van der Waals surface area contributed by atoms with E-state index in [1.807, 2.05) is 64.1 Å². The maximum Gasteiger partial charge on any atom is 0.265 e. The number of aryl methyl sites for hydroxylation is 4. The van der Waals surface area contributed by atoms with E-state index < -0.39 is 10.0 Å². The van der Waals surface area contributed by atoms with Crippen molar-refractivity contribution < 1.29 is 18.0 Å². The Bertz CT molecular complexity index is 1510. The van der Waals surface area contributed by atoms with Crippen LogP contribution in [-0.4, -0.2) is 43.3 Å². The number of anilines is 1. The first-order valence-electron chi connectivity index (χ1n) is 12.9. The molecule has 10 heteroatoms. The molecule has 4 rings (SSSR count). The van der Waals surface area contributed by atoms with Crippen LogP contribution in [0.3, 0.4) is 0 Å². The molecule has 1 fully saturated rings. The normalized spacial score (nSPS) is 15.3. The third-order valence-electron chi connectivity index (χ3n) is 6.86. The fourth-order valence-electron chi connectivity index (χ4n) is 4.93. The van der Waals surface area contributed by atoms with E-state index in [0.29, 0.717) is 34.0 Å². The number of hydrogen-bond donors (Lipinski definition) is 2. The van der Waals surface area contributed by atoms with Crippen LogP contribution in [0.5, 0.6) is 0 Å². The molecule has 0 atom stereocenters. The third-order valence-corrected chi connectivity index (χ3v) is 10.1. The highest BCUT2D eigenvalue weighted by Gasteiger charge is 2.33. The number of hydrogen-bond acceptors (Lipinski definition) is 6. The molecule has 0 aliphatic carbocycles. The van der Waals surface area contributed by atoms with Crippen LogP contribution in [0.4, 0.5) is 5.69 Å². The molecule has 0 unspecified atom stereocenters. The maximum atomic E-state index is 13.3. The molecule has 0 saturated carbocycles. The van der Waals surface area contributed by atoms with Crippen LogP contribution in [0, 0.1) is 33.6 Å². The molecule has 1 aliphatic heterocycles. The second-order valence-electron chi connectivity index (χ2n) is 10.0. The Balaban J connectivity index is 1.35. The number of nitrogens with one attached hydrogen (secondary N) is 2. The van der Waals surface area contributed by atoms with Gasteiger partial charge in [0, 0.05) is 29.6 Å². The second-order valence-corrected chi connectivity index (χ2v) is 13.2. The molecule has 2 amide bonds. The molecule has 2 N–H and O–H groups in total. The monoisotopic (exact) mass is 566 g/mol. The number of nitrogens with zero attached hydrogens (tertiary/aromatic N) is 2. The molecular weight excluding hydrogens is 532 g/mol. The summed E-state index contributed by atoms with van der Waals surface area (Å²) in [6, 6.07) is 14.8. The highest BCUT2D eigenvalue weighted by Crippen LogP contribution is 2.29. The summed E-state index contributed by atoms with van der Waals surface area (Å²) in [4.78, 5) is 27.4. The van der Waals surface area contributed by atoms with Gasteiger partial charge in [-0.2, -0.15) is 9.41 Å². The standard InChI is InChI=1S/C29H34N4O4S2/c1-18-15-19(2)27(20(3)16-18)39(36,37)33-13-11-23(12-14-33)28(34)32-31-22(5)24-7-6-8-25(17-24)30-29(35)26-10-9-21(4)38-26/h6-10,15-17,23H,11-14H2,1-5H3,(H,30,35)(H,32,34)/b31-22-. The second kappa shape index (κ2) is 11.8. The fourth-order valence-corrected chi connectivity index (χ4v) is 7.57. The molecule has 8 nitrogen and oxygen atoms in total. The van der Waals surface area contributed by atoms with Crippen molar-refractivity contribution >= 4 is 44.6 Å². The Morgan fingerprint density at radius 1 is 0.974 bits per heavy atom. The number of sulfonamides is 1. The maximum absolute atomic E-state index is 13.3. The number of thiophene rings is 1. The van der Waals surface area contributed by atoms with E-state index in [9.17, 15) is 18.0 Å². The Kier molecular flexibility index (Phi) is 8.68. The minimum atomic E-state index is -3.64. The summed E-state index contributed by atoms with van der Waals surface area (Å²) in [5.41, 5.74) is 7.14. The van der Waals surface area contributed by atoms with Crippen molar-refractivity contribution in [2.75, 3.05) is 18.4 Å². The van der Waals surface area contributed by atoms with E-state index in [4.69, 9.17) is 0 Å². The minimum Gasteiger partial charge on any atom is -0.321 e. The lowest BCUT2D eigenvalue weighted by atomic mass is 9.98. The summed E-state index contributed by atoms with van der Waals surface area (Å²) >= 11 is 1.43. The van der Waals surface area contributed by atoms with Crippen molar-refractivity contribution in [3.8, 4) is 0 Å². The zero-order valence-corrected chi connectivity index (χ0v) is 24.5. The van der Waals surface area contributed by atoms with Crippen LogP contribution in [-0.2, 0) is 14.8 Å². The van der Waals surface area contributed by atoms with Crippen LogP contribution in [0.25, 0.3) is 0 Å². The highest BCUT2D eigenvalue weighted by molar-refractivity contribution is 7.89. The van der Waals surface area contributed by atoms with Gasteiger partial charge in [0.25, 0.3) is 5.91 Å². The summed E-state index contributed by atoms with van der Waals surface area (Å²) in [5.74, 6) is -0.728. The molecule has 1 aromatic heterocycles. The van der Waals surface area contributed by atoms with Crippen LogP contribution in [0.2, 0.25) is 0 Å². The van der Waals surface area contributed by atoms with Gasteiger partial charge >= 0.3 is 0 Å². The van der Waals surface area contributed by atoms with Crippen molar-refractivity contribution in [3.63, 3.8) is 0 Å². The van der Waals surface area contributed by atoms with E-state index in [1.54, 1.807) is 19.1 Å². The number of amides is 2. The van der Waals surface area contributed by atoms with Crippen LogP contribution < -0.4 is 10.7 Å². The lowest BCUT2D eigenvalue weighted by molar-refractivity contribution is -0.126. The predicted molar refractivity (Wildman–Crippen MR) is 156 cm³/mol. The number of carbonyl (C=O) groups excluding carboxylic acids is 2. The molecule has 206 valence electrons. The topological polar surface area (TPSA) is 108 Å². The van der Waals surface area contributed by atoms with E-state index in [2.05, 4.69) is 15.8 Å². The fraction of sp³-hybridized carbons (Fsp3) is 0.345. The number of piperidine rings is 1. The Hall–Kier alpha value is -3.34. The molecule has 2 heterocycles. The number of carbonyl (C=O) groups is 2. The lowest BCUT2D eigenvalue weighted by Crippen LogP contribution is -2.42. The van der Waals surface area contributed by atoms with Crippen LogP contribution in [0.1, 0.15) is 56.6 Å². The molecule has 3 aromatic rings. The predicted octanol–water partition coefficient (Wildman–Crippen LogP) is 5.18. The van der Waals surface area contributed by atoms with Crippen LogP contribution >= 0.6 is 11.3 Å². The first-order valence-corrected chi connectivity index (χ1v) is 15.1. The summed E-state index contributed by atoms with van der Waals surface area (Å²) in [7, 11) is -3.64. The van der Waals surface area contributed by atoms with E-state index in [1.165, 1.54) is 15.6 Å². The van der Waals surface area contributed by atoms with Crippen molar-refractivity contribution in [3.05, 3.63) is 80.5 Å². The molecule has 0 spiro atoms. The van der Waals surface area contributed by atoms with Crippen molar-refractivity contribution in [1.29, 1.82) is 0 Å². The van der Waals surface area contributed by atoms with Gasteiger partial charge in [-0.05, 0) is 88.4 Å². The molecular formula is C29H34N4O4S2. The van der Waals surface area contributed by atoms with Gasteiger partial charge in [-0.25, -0.2) is 13.8 Å². The summed E-state index contributed by atoms with van der Waals surface area (Å²) in [6.07, 6.45) is 0.848. The summed E-state index contributed by atoms with van der Waals surface area (Å²) in [5, 5.41) is 7.17. The smallest absolute Gasteiger partial charge is 0.265 e. The van der Waals surface area contributed by atoms with Crippen molar-refractivity contribution in [2.24, 2.45) is 11.0 Å². The van der Waals surface area contributed by atoms with Crippen molar-refractivity contribution in [2.45, 2.75) is 52.4 Å². The molecule has 39 heavy (non-hydrogen) atoms. The van der Waals surface area contributed by atoms with Gasteiger partial charge in [0.2, 0.25) is 15.9 Å².